The number of H-pyrrole nitrogens is 1. The zero-order chi connectivity index (χ0) is 16.0. The number of piperidine rings is 2. The Morgan fingerprint density at radius 3 is 2.83 bits per heavy atom. The summed E-state index contributed by atoms with van der Waals surface area (Å²) in [5.74, 6) is 0.577. The number of aromatic nitrogens is 2. The zero-order valence-corrected chi connectivity index (χ0v) is 14.5. The van der Waals surface area contributed by atoms with Crippen LogP contribution in [0.2, 0.25) is 0 Å². The summed E-state index contributed by atoms with van der Waals surface area (Å²) in [5.41, 5.74) is 2.19. The first-order valence-corrected chi connectivity index (χ1v) is 8.54. The molecule has 0 spiro atoms. The molecule has 120 valence electrons. The Labute approximate surface area is 143 Å². The lowest BCUT2D eigenvalue weighted by molar-refractivity contribution is -0.151. The number of hydrogen-bond acceptors (Lipinski definition) is 3. The summed E-state index contributed by atoms with van der Waals surface area (Å²) < 4.78 is 6.64. The van der Waals surface area contributed by atoms with Gasteiger partial charge in [0.15, 0.2) is 0 Å². The molecule has 5 rings (SSSR count). The van der Waals surface area contributed by atoms with E-state index in [4.69, 9.17) is 4.74 Å². The van der Waals surface area contributed by atoms with Crippen LogP contribution in [-0.4, -0.2) is 46.8 Å². The molecule has 2 aliphatic heterocycles. The second-order valence-corrected chi connectivity index (χ2v) is 7.44. The number of ether oxygens (including phenoxy) is 1. The second-order valence-electron chi connectivity index (χ2n) is 6.52. The number of rotatable bonds is 3. The van der Waals surface area contributed by atoms with Crippen molar-refractivity contribution >= 4 is 21.8 Å². The molecule has 0 radical (unpaired) electrons. The smallest absolute Gasteiger partial charge is 0.271 e. The number of hydrogen-bond donors (Lipinski definition) is 1. The maximum atomic E-state index is 12.7. The molecule has 6 heteroatoms. The van der Waals surface area contributed by atoms with Gasteiger partial charge in [0.25, 0.3) is 5.91 Å². The number of amides is 1. The molecule has 0 atom stereocenters. The average molecular weight is 376 g/mol. The number of carbonyl (C=O) groups is 1. The minimum Gasteiger partial charge on any atom is -0.376 e. The van der Waals surface area contributed by atoms with E-state index in [-0.39, 0.29) is 11.5 Å². The number of aromatic amines is 1. The van der Waals surface area contributed by atoms with Gasteiger partial charge in [0.2, 0.25) is 0 Å². The van der Waals surface area contributed by atoms with E-state index in [0.29, 0.717) is 18.2 Å². The van der Waals surface area contributed by atoms with Crippen molar-refractivity contribution in [2.45, 2.75) is 18.4 Å². The van der Waals surface area contributed by atoms with Crippen LogP contribution in [0, 0.1) is 5.92 Å². The molecule has 1 N–H and O–H groups in total. The van der Waals surface area contributed by atoms with Gasteiger partial charge < -0.3 is 9.64 Å². The van der Waals surface area contributed by atoms with Crippen molar-refractivity contribution in [3.63, 3.8) is 0 Å². The maximum absolute atomic E-state index is 12.7. The van der Waals surface area contributed by atoms with Crippen LogP contribution < -0.4 is 0 Å². The zero-order valence-electron chi connectivity index (χ0n) is 12.9. The Kier molecular flexibility index (Phi) is 3.54. The second kappa shape index (κ2) is 5.46. The Balaban J connectivity index is 1.52. The Hall–Kier alpha value is -1.66. The third kappa shape index (κ3) is 2.60. The lowest BCUT2D eigenvalue weighted by Crippen LogP contribution is -2.63. The molecular weight excluding hydrogens is 358 g/mol. The summed E-state index contributed by atoms with van der Waals surface area (Å²) in [6.07, 6.45) is 2.14. The van der Waals surface area contributed by atoms with E-state index in [2.05, 4.69) is 26.1 Å². The molecule has 2 bridgehead atoms. The van der Waals surface area contributed by atoms with Crippen LogP contribution in [0.15, 0.2) is 34.8 Å². The minimum absolute atomic E-state index is 0.00619. The van der Waals surface area contributed by atoms with E-state index in [1.54, 1.807) is 7.11 Å². The highest BCUT2D eigenvalue weighted by molar-refractivity contribution is 9.10. The fraction of sp³-hybridized carbons (Fsp3) is 0.412. The molecule has 3 heterocycles. The van der Waals surface area contributed by atoms with Crippen LogP contribution >= 0.6 is 15.9 Å². The van der Waals surface area contributed by atoms with Crippen LogP contribution in [0.1, 0.15) is 23.3 Å². The van der Waals surface area contributed by atoms with Gasteiger partial charge in [-0.3, -0.25) is 9.89 Å². The Morgan fingerprint density at radius 1 is 1.39 bits per heavy atom. The monoisotopic (exact) mass is 375 g/mol. The van der Waals surface area contributed by atoms with Crippen molar-refractivity contribution < 1.29 is 9.53 Å². The lowest BCUT2D eigenvalue weighted by atomic mass is 9.67. The maximum Gasteiger partial charge on any atom is 0.271 e. The summed E-state index contributed by atoms with van der Waals surface area (Å²) in [6.45, 7) is 1.49. The third-order valence-corrected chi connectivity index (χ3v) is 5.48. The first-order valence-electron chi connectivity index (χ1n) is 7.74. The predicted octanol–water partition coefficient (Wildman–Crippen LogP) is 3.09. The molecular formula is C17H18BrN3O2. The van der Waals surface area contributed by atoms with E-state index in [9.17, 15) is 4.79 Å². The third-order valence-electron chi connectivity index (χ3n) is 4.95. The van der Waals surface area contributed by atoms with E-state index < -0.39 is 0 Å². The molecule has 0 unspecified atom stereocenters. The summed E-state index contributed by atoms with van der Waals surface area (Å²) in [5, 5.41) is 7.16. The molecule has 3 aliphatic rings. The van der Waals surface area contributed by atoms with E-state index >= 15 is 0 Å². The summed E-state index contributed by atoms with van der Waals surface area (Å²) in [6, 6.07) is 9.71. The van der Waals surface area contributed by atoms with Gasteiger partial charge in [-0.2, -0.15) is 5.10 Å². The van der Waals surface area contributed by atoms with Crippen LogP contribution in [0.5, 0.6) is 0 Å². The van der Waals surface area contributed by atoms with Crippen LogP contribution in [-0.2, 0) is 4.74 Å². The van der Waals surface area contributed by atoms with Crippen molar-refractivity contribution in [3.05, 3.63) is 40.5 Å². The number of halogens is 1. The van der Waals surface area contributed by atoms with Crippen molar-refractivity contribution in [2.24, 2.45) is 5.92 Å². The van der Waals surface area contributed by atoms with Gasteiger partial charge in [-0.05, 0) is 37.0 Å². The molecule has 2 saturated heterocycles. The first kappa shape index (κ1) is 14.9. The number of benzene rings is 1. The SMILES string of the molecule is COC12CC(CN(C(=O)c3cc(-c4ccc(Br)cc4)n[nH]3)C1)C2. The van der Waals surface area contributed by atoms with Crippen molar-refractivity contribution in [3.8, 4) is 11.3 Å². The van der Waals surface area contributed by atoms with E-state index in [0.717, 1.165) is 35.1 Å². The van der Waals surface area contributed by atoms with Crippen LogP contribution in [0.4, 0.5) is 0 Å². The highest BCUT2D eigenvalue weighted by Crippen LogP contribution is 2.45. The number of nitrogens with zero attached hydrogens (tertiary/aromatic N) is 2. The van der Waals surface area contributed by atoms with Crippen LogP contribution in [0.3, 0.4) is 0 Å². The van der Waals surface area contributed by atoms with Gasteiger partial charge in [0.1, 0.15) is 5.69 Å². The molecule has 5 nitrogen and oxygen atoms in total. The quantitative estimate of drug-likeness (QED) is 0.896. The lowest BCUT2D eigenvalue weighted by Gasteiger charge is -2.55. The Morgan fingerprint density at radius 2 is 2.13 bits per heavy atom. The largest absolute Gasteiger partial charge is 0.376 e. The molecule has 1 aliphatic carbocycles. The molecule has 1 aromatic heterocycles. The van der Waals surface area contributed by atoms with Crippen LogP contribution in [0.25, 0.3) is 11.3 Å². The van der Waals surface area contributed by atoms with Gasteiger partial charge in [-0.25, -0.2) is 0 Å². The summed E-state index contributed by atoms with van der Waals surface area (Å²) in [7, 11) is 1.74. The van der Waals surface area contributed by atoms with Gasteiger partial charge >= 0.3 is 0 Å². The molecule has 2 aromatic rings. The summed E-state index contributed by atoms with van der Waals surface area (Å²) in [4.78, 5) is 14.6. The fourth-order valence-corrected chi connectivity index (χ4v) is 4.00. The van der Waals surface area contributed by atoms with Gasteiger partial charge in [-0.15, -0.1) is 0 Å². The Bertz CT molecular complexity index is 735. The normalized spacial score (nSPS) is 26.0. The first-order chi connectivity index (χ1) is 11.1. The van der Waals surface area contributed by atoms with Crippen molar-refractivity contribution in [1.29, 1.82) is 0 Å². The predicted molar refractivity (Wildman–Crippen MR) is 90.1 cm³/mol. The number of fused-ring (bicyclic) bond motifs is 2. The minimum atomic E-state index is -0.118. The van der Waals surface area contributed by atoms with E-state index in [1.807, 2.05) is 35.2 Å². The van der Waals surface area contributed by atoms with Gasteiger partial charge in [0, 0.05) is 23.7 Å². The molecule has 23 heavy (non-hydrogen) atoms. The molecule has 1 amide bonds. The van der Waals surface area contributed by atoms with Gasteiger partial charge in [-0.1, -0.05) is 28.1 Å². The number of methoxy groups -OCH3 is 1. The average Bonchev–Trinajstić information content (AvgIpc) is 3.04. The summed E-state index contributed by atoms with van der Waals surface area (Å²) >= 11 is 3.42. The van der Waals surface area contributed by atoms with Gasteiger partial charge in [0.05, 0.1) is 17.8 Å². The fourth-order valence-electron chi connectivity index (χ4n) is 3.73. The number of nitrogens with one attached hydrogen (secondary N) is 1. The number of carbonyl (C=O) groups excluding carboxylic acids is 1. The standard InChI is InChI=1S/C17H18BrN3O2/c1-23-17-7-11(8-17)9-21(10-17)16(22)15-6-14(19-20-15)12-2-4-13(18)5-3-12/h2-6,11H,7-10H2,1H3,(H,19,20). The highest BCUT2D eigenvalue weighted by atomic mass is 79.9. The molecule has 1 saturated carbocycles. The topological polar surface area (TPSA) is 58.2 Å². The van der Waals surface area contributed by atoms with E-state index in [1.165, 1.54) is 0 Å². The molecule has 3 fully saturated rings. The molecule has 1 aromatic carbocycles. The van der Waals surface area contributed by atoms with Crippen molar-refractivity contribution in [2.75, 3.05) is 20.2 Å². The van der Waals surface area contributed by atoms with Crippen molar-refractivity contribution in [1.82, 2.24) is 15.1 Å². The highest BCUT2D eigenvalue weighted by Gasteiger charge is 2.51.